The lowest BCUT2D eigenvalue weighted by atomic mass is 10.1. The molecule has 1 aromatic carbocycles. The molecule has 0 spiro atoms. The second-order valence-corrected chi connectivity index (χ2v) is 5.69. The van der Waals surface area contributed by atoms with E-state index in [2.05, 4.69) is 21.2 Å². The van der Waals surface area contributed by atoms with Crippen LogP contribution in [0.15, 0.2) is 22.7 Å². The van der Waals surface area contributed by atoms with E-state index in [-0.39, 0.29) is 24.1 Å². The highest BCUT2D eigenvalue weighted by Crippen LogP contribution is 2.26. The van der Waals surface area contributed by atoms with E-state index >= 15 is 0 Å². The van der Waals surface area contributed by atoms with Crippen molar-refractivity contribution < 1.29 is 19.4 Å². The Morgan fingerprint density at radius 2 is 2.00 bits per heavy atom. The van der Waals surface area contributed by atoms with E-state index in [4.69, 9.17) is 9.84 Å². The SMILES string of the molecule is CC(C)C(C)NC(=O)COc1cc(C(=O)O)ccc1Br. The molecule has 0 fully saturated rings. The number of carboxylic acids is 1. The average molecular weight is 344 g/mol. The first kappa shape index (κ1) is 16.5. The number of halogens is 1. The van der Waals surface area contributed by atoms with Crippen LogP contribution >= 0.6 is 15.9 Å². The Bertz CT molecular complexity index is 502. The largest absolute Gasteiger partial charge is 0.483 e. The summed E-state index contributed by atoms with van der Waals surface area (Å²) >= 11 is 3.25. The minimum Gasteiger partial charge on any atom is -0.483 e. The van der Waals surface area contributed by atoms with Crippen LogP contribution in [0.4, 0.5) is 0 Å². The van der Waals surface area contributed by atoms with Crippen molar-refractivity contribution in [2.45, 2.75) is 26.8 Å². The Morgan fingerprint density at radius 1 is 1.35 bits per heavy atom. The number of rotatable bonds is 6. The van der Waals surface area contributed by atoms with Gasteiger partial charge in [-0.15, -0.1) is 0 Å². The monoisotopic (exact) mass is 343 g/mol. The van der Waals surface area contributed by atoms with Gasteiger partial charge in [-0.1, -0.05) is 13.8 Å². The van der Waals surface area contributed by atoms with Crippen molar-refractivity contribution in [2.24, 2.45) is 5.92 Å². The van der Waals surface area contributed by atoms with Crippen molar-refractivity contribution in [2.75, 3.05) is 6.61 Å². The van der Waals surface area contributed by atoms with Crippen molar-refractivity contribution in [3.63, 3.8) is 0 Å². The van der Waals surface area contributed by atoms with Gasteiger partial charge in [0.15, 0.2) is 6.61 Å². The number of benzene rings is 1. The zero-order valence-corrected chi connectivity index (χ0v) is 13.2. The molecule has 5 nitrogen and oxygen atoms in total. The summed E-state index contributed by atoms with van der Waals surface area (Å²) in [5, 5.41) is 11.7. The van der Waals surface area contributed by atoms with Crippen molar-refractivity contribution in [1.82, 2.24) is 5.32 Å². The molecule has 20 heavy (non-hydrogen) atoms. The van der Waals surface area contributed by atoms with Crippen LogP contribution in [0.3, 0.4) is 0 Å². The van der Waals surface area contributed by atoms with Crippen LogP contribution in [0.1, 0.15) is 31.1 Å². The van der Waals surface area contributed by atoms with Gasteiger partial charge in [0.25, 0.3) is 5.91 Å². The number of hydrogen-bond donors (Lipinski definition) is 2. The molecule has 0 aliphatic heterocycles. The molecule has 2 N–H and O–H groups in total. The first-order valence-electron chi connectivity index (χ1n) is 6.26. The summed E-state index contributed by atoms with van der Waals surface area (Å²) in [7, 11) is 0. The number of carboxylic acid groups (broad SMARTS) is 1. The number of ether oxygens (including phenoxy) is 1. The first-order valence-corrected chi connectivity index (χ1v) is 7.05. The molecule has 0 aliphatic rings. The molecule has 1 aromatic rings. The van der Waals surface area contributed by atoms with E-state index in [1.807, 2.05) is 20.8 Å². The third-order valence-electron chi connectivity index (χ3n) is 2.93. The Kier molecular flexibility index (Phi) is 6.01. The smallest absolute Gasteiger partial charge is 0.335 e. The van der Waals surface area contributed by atoms with Crippen molar-refractivity contribution in [3.8, 4) is 5.75 Å². The quantitative estimate of drug-likeness (QED) is 0.832. The van der Waals surface area contributed by atoms with Crippen LogP contribution in [0.5, 0.6) is 5.75 Å². The van der Waals surface area contributed by atoms with Gasteiger partial charge in [0.1, 0.15) is 5.75 Å². The molecule has 1 rings (SSSR count). The number of nitrogens with one attached hydrogen (secondary N) is 1. The number of carbonyl (C=O) groups excluding carboxylic acids is 1. The predicted molar refractivity (Wildman–Crippen MR) is 79.0 cm³/mol. The lowest BCUT2D eigenvalue weighted by molar-refractivity contribution is -0.124. The molecule has 0 bridgehead atoms. The lowest BCUT2D eigenvalue weighted by Gasteiger charge is -2.17. The normalized spacial score (nSPS) is 12.1. The molecule has 110 valence electrons. The maximum absolute atomic E-state index is 11.7. The van der Waals surface area contributed by atoms with Gasteiger partial charge in [-0.05, 0) is 47.0 Å². The number of hydrogen-bond acceptors (Lipinski definition) is 3. The summed E-state index contributed by atoms with van der Waals surface area (Å²) in [5.74, 6) is -0.614. The molecule has 0 heterocycles. The van der Waals surface area contributed by atoms with Gasteiger partial charge in [-0.25, -0.2) is 4.79 Å². The number of carbonyl (C=O) groups is 2. The first-order chi connectivity index (χ1) is 9.31. The van der Waals surface area contributed by atoms with E-state index in [0.717, 1.165) is 0 Å². The average Bonchev–Trinajstić information content (AvgIpc) is 2.37. The van der Waals surface area contributed by atoms with E-state index in [9.17, 15) is 9.59 Å². The van der Waals surface area contributed by atoms with Crippen LogP contribution in [-0.2, 0) is 4.79 Å². The van der Waals surface area contributed by atoms with E-state index in [1.54, 1.807) is 6.07 Å². The zero-order chi connectivity index (χ0) is 15.3. The topological polar surface area (TPSA) is 75.6 Å². The summed E-state index contributed by atoms with van der Waals surface area (Å²) in [5.41, 5.74) is 0.110. The highest BCUT2D eigenvalue weighted by atomic mass is 79.9. The third kappa shape index (κ3) is 4.85. The summed E-state index contributed by atoms with van der Waals surface area (Å²) in [4.78, 5) is 22.6. The second kappa shape index (κ2) is 7.28. The van der Waals surface area contributed by atoms with Crippen LogP contribution in [0.2, 0.25) is 0 Å². The van der Waals surface area contributed by atoms with Gasteiger partial charge < -0.3 is 15.2 Å². The molecule has 0 saturated heterocycles. The summed E-state index contributed by atoms with van der Waals surface area (Å²) in [6, 6.07) is 4.47. The molecule has 0 aliphatic carbocycles. The van der Waals surface area contributed by atoms with Gasteiger partial charge in [0, 0.05) is 6.04 Å². The van der Waals surface area contributed by atoms with Gasteiger partial charge in [-0.3, -0.25) is 4.79 Å². The standard InChI is InChI=1S/C14H18BrNO4/c1-8(2)9(3)16-13(17)7-20-12-6-10(14(18)19)4-5-11(12)15/h4-6,8-9H,7H2,1-3H3,(H,16,17)(H,18,19). The summed E-state index contributed by atoms with van der Waals surface area (Å²) in [6.45, 7) is 5.79. The summed E-state index contributed by atoms with van der Waals surface area (Å²) < 4.78 is 5.95. The fourth-order valence-corrected chi connectivity index (χ4v) is 1.71. The van der Waals surface area contributed by atoms with Gasteiger partial charge in [0.2, 0.25) is 0 Å². The zero-order valence-electron chi connectivity index (χ0n) is 11.6. The second-order valence-electron chi connectivity index (χ2n) is 4.84. The van der Waals surface area contributed by atoms with Crippen LogP contribution < -0.4 is 10.1 Å². The fourth-order valence-electron chi connectivity index (χ4n) is 1.35. The van der Waals surface area contributed by atoms with Gasteiger partial charge in [0.05, 0.1) is 10.0 Å². The maximum Gasteiger partial charge on any atom is 0.335 e. The van der Waals surface area contributed by atoms with Crippen LogP contribution in [0, 0.1) is 5.92 Å². The highest BCUT2D eigenvalue weighted by Gasteiger charge is 2.13. The molecule has 1 amide bonds. The third-order valence-corrected chi connectivity index (χ3v) is 3.58. The Morgan fingerprint density at radius 3 is 2.55 bits per heavy atom. The Hall–Kier alpha value is -1.56. The molecule has 0 aromatic heterocycles. The summed E-state index contributed by atoms with van der Waals surface area (Å²) in [6.07, 6.45) is 0. The minimum atomic E-state index is -1.04. The molecule has 0 saturated carbocycles. The molecule has 1 unspecified atom stereocenters. The molecule has 0 radical (unpaired) electrons. The van der Waals surface area contributed by atoms with Crippen LogP contribution in [-0.4, -0.2) is 29.6 Å². The van der Waals surface area contributed by atoms with Crippen molar-refractivity contribution in [3.05, 3.63) is 28.2 Å². The van der Waals surface area contributed by atoms with Crippen molar-refractivity contribution in [1.29, 1.82) is 0 Å². The van der Waals surface area contributed by atoms with Gasteiger partial charge >= 0.3 is 5.97 Å². The number of aromatic carboxylic acids is 1. The maximum atomic E-state index is 11.7. The fraction of sp³-hybridized carbons (Fsp3) is 0.429. The molecular formula is C14H18BrNO4. The Balaban J connectivity index is 2.63. The van der Waals surface area contributed by atoms with E-state index in [1.165, 1.54) is 12.1 Å². The van der Waals surface area contributed by atoms with E-state index < -0.39 is 5.97 Å². The predicted octanol–water partition coefficient (Wildman–Crippen LogP) is 2.69. The van der Waals surface area contributed by atoms with Crippen molar-refractivity contribution >= 4 is 27.8 Å². The highest BCUT2D eigenvalue weighted by molar-refractivity contribution is 9.10. The van der Waals surface area contributed by atoms with Crippen LogP contribution in [0.25, 0.3) is 0 Å². The van der Waals surface area contributed by atoms with Gasteiger partial charge in [-0.2, -0.15) is 0 Å². The molecular weight excluding hydrogens is 326 g/mol. The lowest BCUT2D eigenvalue weighted by Crippen LogP contribution is -2.38. The minimum absolute atomic E-state index is 0.0555. The molecule has 1 atom stereocenters. The van der Waals surface area contributed by atoms with E-state index in [0.29, 0.717) is 16.1 Å². The number of amides is 1. The molecule has 6 heteroatoms. The Labute approximate surface area is 126 Å².